The van der Waals surface area contributed by atoms with E-state index in [-0.39, 0.29) is 23.7 Å². The van der Waals surface area contributed by atoms with Gasteiger partial charge in [0.2, 0.25) is 11.8 Å². The van der Waals surface area contributed by atoms with E-state index >= 15 is 0 Å². The molecule has 5 heteroatoms. The van der Waals surface area contributed by atoms with Gasteiger partial charge in [-0.2, -0.15) is 0 Å². The first kappa shape index (κ1) is 13.0. The van der Waals surface area contributed by atoms with Crippen molar-refractivity contribution in [3.8, 4) is 0 Å². The molecular weight excluding hydrogens is 272 g/mol. The van der Waals surface area contributed by atoms with Crippen LogP contribution in [0.4, 0.5) is 0 Å². The number of hydrogen-bond donors (Lipinski definition) is 1. The lowest BCUT2D eigenvalue weighted by atomic mass is 9.79. The number of nitrogens with one attached hydrogen (secondary N) is 1. The zero-order valence-electron chi connectivity index (χ0n) is 11.0. The summed E-state index contributed by atoms with van der Waals surface area (Å²) in [6.45, 7) is 1.98. The Balaban J connectivity index is 2.07. The number of aromatic nitrogens is 1. The Morgan fingerprint density at radius 2 is 2.10 bits per heavy atom. The standard InChI is InChI=1S/C15H14N2O2S/c1-9-4-2-3-5-10(9)13-11(15-16-6-7-20-15)8-12(18)17-14(13)19/h2-7,11,13H,8H2,1H3,(H,17,18,19). The molecule has 2 amide bonds. The summed E-state index contributed by atoms with van der Waals surface area (Å²) in [5, 5.41) is 5.17. The molecule has 1 fully saturated rings. The smallest absolute Gasteiger partial charge is 0.234 e. The van der Waals surface area contributed by atoms with E-state index in [4.69, 9.17) is 0 Å². The highest BCUT2D eigenvalue weighted by molar-refractivity contribution is 7.09. The monoisotopic (exact) mass is 286 g/mol. The summed E-state index contributed by atoms with van der Waals surface area (Å²) in [5.74, 6) is -0.965. The number of nitrogens with zero attached hydrogens (tertiary/aromatic N) is 1. The normalized spacial score (nSPS) is 22.6. The molecule has 0 bridgehead atoms. The molecule has 2 unspecified atom stereocenters. The number of imide groups is 1. The van der Waals surface area contributed by atoms with Crippen molar-refractivity contribution in [2.24, 2.45) is 0 Å². The number of piperidine rings is 1. The quantitative estimate of drug-likeness (QED) is 0.862. The number of thiazole rings is 1. The van der Waals surface area contributed by atoms with Crippen LogP contribution in [0.15, 0.2) is 35.8 Å². The van der Waals surface area contributed by atoms with E-state index in [1.165, 1.54) is 11.3 Å². The molecule has 0 aliphatic carbocycles. The molecule has 2 aromatic rings. The Morgan fingerprint density at radius 3 is 2.80 bits per heavy atom. The highest BCUT2D eigenvalue weighted by Crippen LogP contribution is 2.40. The SMILES string of the molecule is Cc1ccccc1C1C(=O)NC(=O)CC1c1nccs1. The summed E-state index contributed by atoms with van der Waals surface area (Å²) in [5.41, 5.74) is 2.03. The van der Waals surface area contributed by atoms with Crippen LogP contribution in [0.5, 0.6) is 0 Å². The van der Waals surface area contributed by atoms with Gasteiger partial charge < -0.3 is 0 Å². The minimum atomic E-state index is -0.347. The maximum atomic E-state index is 12.3. The third-order valence-electron chi connectivity index (χ3n) is 3.64. The third-order valence-corrected chi connectivity index (χ3v) is 4.55. The van der Waals surface area contributed by atoms with Crippen molar-refractivity contribution >= 4 is 23.2 Å². The number of rotatable bonds is 2. The maximum Gasteiger partial charge on any atom is 0.234 e. The highest BCUT2D eigenvalue weighted by Gasteiger charge is 2.39. The average molecular weight is 286 g/mol. The molecule has 0 radical (unpaired) electrons. The Kier molecular flexibility index (Phi) is 3.36. The van der Waals surface area contributed by atoms with Crippen LogP contribution in [-0.2, 0) is 9.59 Å². The van der Waals surface area contributed by atoms with E-state index in [9.17, 15) is 9.59 Å². The Labute approximate surface area is 120 Å². The van der Waals surface area contributed by atoms with E-state index in [2.05, 4.69) is 10.3 Å². The summed E-state index contributed by atoms with van der Waals surface area (Å²) in [6.07, 6.45) is 2.02. The average Bonchev–Trinajstić information content (AvgIpc) is 2.93. The van der Waals surface area contributed by atoms with Crippen LogP contribution in [0.3, 0.4) is 0 Å². The predicted molar refractivity (Wildman–Crippen MR) is 76.5 cm³/mol. The fourth-order valence-corrected chi connectivity index (χ4v) is 3.48. The van der Waals surface area contributed by atoms with Gasteiger partial charge in [-0.05, 0) is 18.1 Å². The van der Waals surface area contributed by atoms with E-state index in [1.807, 2.05) is 36.6 Å². The van der Waals surface area contributed by atoms with Crippen molar-refractivity contribution in [1.82, 2.24) is 10.3 Å². The maximum absolute atomic E-state index is 12.3. The fraction of sp³-hybridized carbons (Fsp3) is 0.267. The summed E-state index contributed by atoms with van der Waals surface area (Å²) in [7, 11) is 0. The molecule has 4 nitrogen and oxygen atoms in total. The van der Waals surface area contributed by atoms with E-state index < -0.39 is 0 Å². The number of carbonyl (C=O) groups is 2. The zero-order valence-corrected chi connectivity index (χ0v) is 11.8. The van der Waals surface area contributed by atoms with Crippen LogP contribution in [0.25, 0.3) is 0 Å². The lowest BCUT2D eigenvalue weighted by molar-refractivity contribution is -0.135. The summed E-state index contributed by atoms with van der Waals surface area (Å²) < 4.78 is 0. The third kappa shape index (κ3) is 2.25. The minimum Gasteiger partial charge on any atom is -0.296 e. The Bertz CT molecular complexity index is 652. The molecule has 1 N–H and O–H groups in total. The van der Waals surface area contributed by atoms with Crippen molar-refractivity contribution in [2.45, 2.75) is 25.2 Å². The molecule has 1 aliphatic rings. The molecule has 0 spiro atoms. The first-order chi connectivity index (χ1) is 9.66. The van der Waals surface area contributed by atoms with E-state index in [0.29, 0.717) is 6.42 Å². The number of amides is 2. The summed E-state index contributed by atoms with van der Waals surface area (Å²) in [4.78, 5) is 28.3. The number of benzene rings is 1. The van der Waals surface area contributed by atoms with Gasteiger partial charge in [0.1, 0.15) is 0 Å². The fourth-order valence-electron chi connectivity index (χ4n) is 2.71. The Morgan fingerprint density at radius 1 is 1.30 bits per heavy atom. The van der Waals surface area contributed by atoms with Crippen LogP contribution in [0.1, 0.15) is 34.4 Å². The van der Waals surface area contributed by atoms with Gasteiger partial charge in [-0.1, -0.05) is 24.3 Å². The van der Waals surface area contributed by atoms with Gasteiger partial charge in [0.25, 0.3) is 0 Å². The Hall–Kier alpha value is -2.01. The van der Waals surface area contributed by atoms with Crippen LogP contribution in [0.2, 0.25) is 0 Å². The highest BCUT2D eigenvalue weighted by atomic mass is 32.1. The molecular formula is C15H14N2O2S. The van der Waals surface area contributed by atoms with Gasteiger partial charge in [-0.15, -0.1) is 11.3 Å². The number of carbonyl (C=O) groups excluding carboxylic acids is 2. The van der Waals surface area contributed by atoms with Gasteiger partial charge in [0, 0.05) is 23.9 Å². The van der Waals surface area contributed by atoms with Crippen molar-refractivity contribution in [2.75, 3.05) is 0 Å². The molecule has 0 saturated carbocycles. The lowest BCUT2D eigenvalue weighted by Gasteiger charge is -2.30. The first-order valence-corrected chi connectivity index (χ1v) is 7.33. The number of hydrogen-bond acceptors (Lipinski definition) is 4. The summed E-state index contributed by atoms with van der Waals surface area (Å²) >= 11 is 1.49. The minimum absolute atomic E-state index is 0.169. The first-order valence-electron chi connectivity index (χ1n) is 6.45. The lowest BCUT2D eigenvalue weighted by Crippen LogP contribution is -2.43. The molecule has 1 saturated heterocycles. The van der Waals surface area contributed by atoms with Crippen LogP contribution in [0, 0.1) is 6.92 Å². The van der Waals surface area contributed by atoms with Crippen LogP contribution >= 0.6 is 11.3 Å². The van der Waals surface area contributed by atoms with Gasteiger partial charge in [0.05, 0.1) is 10.9 Å². The predicted octanol–water partition coefficient (Wildman–Crippen LogP) is 2.37. The van der Waals surface area contributed by atoms with E-state index in [0.717, 1.165) is 16.1 Å². The molecule has 3 rings (SSSR count). The van der Waals surface area contributed by atoms with Gasteiger partial charge in [-0.25, -0.2) is 4.98 Å². The van der Waals surface area contributed by atoms with Crippen molar-refractivity contribution in [3.05, 3.63) is 52.0 Å². The molecule has 2 heterocycles. The second-order valence-electron chi connectivity index (χ2n) is 4.93. The van der Waals surface area contributed by atoms with Gasteiger partial charge in [0.15, 0.2) is 0 Å². The van der Waals surface area contributed by atoms with Crippen molar-refractivity contribution < 1.29 is 9.59 Å². The molecule has 2 atom stereocenters. The second-order valence-corrected chi connectivity index (χ2v) is 5.85. The second kappa shape index (κ2) is 5.17. The topological polar surface area (TPSA) is 59.1 Å². The van der Waals surface area contributed by atoms with Crippen LogP contribution in [-0.4, -0.2) is 16.8 Å². The molecule has 102 valence electrons. The molecule has 20 heavy (non-hydrogen) atoms. The van der Waals surface area contributed by atoms with Crippen molar-refractivity contribution in [3.63, 3.8) is 0 Å². The molecule has 1 aromatic heterocycles. The number of aryl methyl sites for hydroxylation is 1. The van der Waals surface area contributed by atoms with Gasteiger partial charge in [-0.3, -0.25) is 14.9 Å². The zero-order chi connectivity index (χ0) is 14.1. The summed E-state index contributed by atoms with van der Waals surface area (Å²) in [6, 6.07) is 7.81. The molecule has 1 aliphatic heterocycles. The van der Waals surface area contributed by atoms with Crippen LogP contribution < -0.4 is 5.32 Å². The largest absolute Gasteiger partial charge is 0.296 e. The van der Waals surface area contributed by atoms with E-state index in [1.54, 1.807) is 6.20 Å². The molecule has 1 aromatic carbocycles. The van der Waals surface area contributed by atoms with Gasteiger partial charge >= 0.3 is 0 Å². The van der Waals surface area contributed by atoms with Crippen molar-refractivity contribution in [1.29, 1.82) is 0 Å².